The molecular formula is C22H17ClN2O2S. The maximum atomic E-state index is 12.2. The van der Waals surface area contributed by atoms with Crippen LogP contribution in [-0.2, 0) is 4.79 Å². The quantitative estimate of drug-likeness (QED) is 0.444. The Bertz CT molecular complexity index is 1110. The van der Waals surface area contributed by atoms with Crippen molar-refractivity contribution in [1.29, 1.82) is 0 Å². The molecule has 28 heavy (non-hydrogen) atoms. The predicted molar refractivity (Wildman–Crippen MR) is 115 cm³/mol. The van der Waals surface area contributed by atoms with Gasteiger partial charge >= 0.3 is 0 Å². The van der Waals surface area contributed by atoms with Gasteiger partial charge in [-0.2, -0.15) is 0 Å². The molecule has 6 heteroatoms. The van der Waals surface area contributed by atoms with Crippen molar-refractivity contribution >= 4 is 44.7 Å². The molecule has 1 heterocycles. The summed E-state index contributed by atoms with van der Waals surface area (Å²) in [5.41, 5.74) is 3.85. The number of rotatable bonds is 5. The number of amides is 1. The van der Waals surface area contributed by atoms with Gasteiger partial charge in [-0.05, 0) is 67.1 Å². The molecule has 4 nitrogen and oxygen atoms in total. The fourth-order valence-corrected chi connectivity index (χ4v) is 4.03. The highest BCUT2D eigenvalue weighted by Gasteiger charge is 2.10. The number of hydrogen-bond donors (Lipinski definition) is 1. The van der Waals surface area contributed by atoms with Gasteiger partial charge in [-0.3, -0.25) is 4.79 Å². The predicted octanol–water partition coefficient (Wildman–Crippen LogP) is 5.94. The summed E-state index contributed by atoms with van der Waals surface area (Å²) in [5.74, 6) is 0.379. The van der Waals surface area contributed by atoms with Crippen LogP contribution >= 0.6 is 22.9 Å². The van der Waals surface area contributed by atoms with Gasteiger partial charge in [0.1, 0.15) is 10.8 Å². The first-order valence-electron chi connectivity index (χ1n) is 8.73. The van der Waals surface area contributed by atoms with E-state index in [0.29, 0.717) is 10.8 Å². The smallest absolute Gasteiger partial charge is 0.262 e. The lowest BCUT2D eigenvalue weighted by molar-refractivity contribution is -0.118. The molecule has 0 aliphatic heterocycles. The van der Waals surface area contributed by atoms with Crippen LogP contribution in [0.2, 0.25) is 5.02 Å². The van der Waals surface area contributed by atoms with E-state index in [1.807, 2.05) is 43.3 Å². The molecule has 0 aliphatic rings. The summed E-state index contributed by atoms with van der Waals surface area (Å²) in [7, 11) is 0. The first-order valence-corrected chi connectivity index (χ1v) is 9.93. The van der Waals surface area contributed by atoms with Gasteiger partial charge < -0.3 is 10.1 Å². The van der Waals surface area contributed by atoms with E-state index in [2.05, 4.69) is 11.4 Å². The third-order valence-electron chi connectivity index (χ3n) is 4.22. The van der Waals surface area contributed by atoms with E-state index < -0.39 is 0 Å². The fraction of sp³-hybridized carbons (Fsp3) is 0.0909. The van der Waals surface area contributed by atoms with Crippen molar-refractivity contribution in [2.24, 2.45) is 0 Å². The van der Waals surface area contributed by atoms with Crippen LogP contribution in [-0.4, -0.2) is 17.5 Å². The zero-order chi connectivity index (χ0) is 19.5. The minimum Gasteiger partial charge on any atom is -0.484 e. The standard InChI is InChI=1S/C22H17ClN2O2S/c1-14-12-16(24-21(26)13-27-17-9-6-15(23)7-10-17)8-11-18(14)22-25-19-4-2-3-5-20(19)28-22/h2-12H,13H2,1H3,(H,24,26). The van der Waals surface area contributed by atoms with Crippen molar-refractivity contribution in [1.82, 2.24) is 4.98 Å². The lowest BCUT2D eigenvalue weighted by Gasteiger charge is -2.10. The van der Waals surface area contributed by atoms with Gasteiger partial charge in [-0.1, -0.05) is 23.7 Å². The van der Waals surface area contributed by atoms with Crippen LogP contribution in [0.25, 0.3) is 20.8 Å². The summed E-state index contributed by atoms with van der Waals surface area (Å²) >= 11 is 7.50. The molecule has 0 aliphatic carbocycles. The molecule has 4 aromatic rings. The second-order valence-electron chi connectivity index (χ2n) is 6.31. The van der Waals surface area contributed by atoms with Crippen LogP contribution in [0, 0.1) is 6.92 Å². The SMILES string of the molecule is Cc1cc(NC(=O)COc2ccc(Cl)cc2)ccc1-c1nc2ccccc2s1. The van der Waals surface area contributed by atoms with Crippen LogP contribution in [0.5, 0.6) is 5.75 Å². The highest BCUT2D eigenvalue weighted by atomic mass is 35.5. The maximum absolute atomic E-state index is 12.2. The van der Waals surface area contributed by atoms with Crippen molar-refractivity contribution in [3.05, 3.63) is 77.3 Å². The van der Waals surface area contributed by atoms with E-state index in [1.54, 1.807) is 35.6 Å². The second kappa shape index (κ2) is 8.00. The number of nitrogens with zero attached hydrogens (tertiary/aromatic N) is 1. The summed E-state index contributed by atoms with van der Waals surface area (Å²) in [4.78, 5) is 16.9. The molecule has 4 rings (SSSR count). The molecule has 0 unspecified atom stereocenters. The number of anilines is 1. The van der Waals surface area contributed by atoms with E-state index in [-0.39, 0.29) is 12.5 Å². The van der Waals surface area contributed by atoms with Gasteiger partial charge in [0.2, 0.25) is 0 Å². The van der Waals surface area contributed by atoms with Gasteiger partial charge in [-0.25, -0.2) is 4.98 Å². The van der Waals surface area contributed by atoms with Crippen molar-refractivity contribution in [3.63, 3.8) is 0 Å². The Balaban J connectivity index is 1.43. The van der Waals surface area contributed by atoms with Crippen molar-refractivity contribution < 1.29 is 9.53 Å². The average Bonchev–Trinajstić information content (AvgIpc) is 3.11. The van der Waals surface area contributed by atoms with Crippen LogP contribution in [0.1, 0.15) is 5.56 Å². The van der Waals surface area contributed by atoms with Gasteiger partial charge in [0, 0.05) is 16.3 Å². The first kappa shape index (κ1) is 18.5. The molecule has 0 saturated heterocycles. The molecule has 0 spiro atoms. The lowest BCUT2D eigenvalue weighted by atomic mass is 10.1. The van der Waals surface area contributed by atoms with E-state index in [0.717, 1.165) is 32.0 Å². The third-order valence-corrected chi connectivity index (χ3v) is 5.54. The molecule has 0 radical (unpaired) electrons. The number of halogens is 1. The summed E-state index contributed by atoms with van der Waals surface area (Å²) in [5, 5.41) is 4.46. The molecular weight excluding hydrogens is 392 g/mol. The molecule has 140 valence electrons. The van der Waals surface area contributed by atoms with E-state index in [9.17, 15) is 4.79 Å². The maximum Gasteiger partial charge on any atom is 0.262 e. The molecule has 0 fully saturated rings. The number of nitrogens with one attached hydrogen (secondary N) is 1. The molecule has 1 N–H and O–H groups in total. The van der Waals surface area contributed by atoms with Gasteiger partial charge in [0.25, 0.3) is 5.91 Å². The Morgan fingerprint density at radius 2 is 1.89 bits per heavy atom. The minimum atomic E-state index is -0.220. The number of aryl methyl sites for hydroxylation is 1. The number of fused-ring (bicyclic) bond motifs is 1. The summed E-state index contributed by atoms with van der Waals surface area (Å²) in [6, 6.07) is 20.8. The van der Waals surface area contributed by atoms with Crippen LogP contribution in [0.3, 0.4) is 0 Å². The Kier molecular flexibility index (Phi) is 5.28. The molecule has 0 bridgehead atoms. The normalized spacial score (nSPS) is 10.8. The Labute approximate surface area is 171 Å². The molecule has 3 aromatic carbocycles. The highest BCUT2D eigenvalue weighted by Crippen LogP contribution is 2.33. The van der Waals surface area contributed by atoms with Gasteiger partial charge in [0.15, 0.2) is 6.61 Å². The molecule has 1 amide bonds. The second-order valence-corrected chi connectivity index (χ2v) is 7.77. The van der Waals surface area contributed by atoms with E-state index in [4.69, 9.17) is 21.3 Å². The number of aromatic nitrogens is 1. The Hall–Kier alpha value is -2.89. The Morgan fingerprint density at radius 3 is 2.64 bits per heavy atom. The number of ether oxygens (including phenoxy) is 1. The zero-order valence-electron chi connectivity index (χ0n) is 15.1. The van der Waals surface area contributed by atoms with E-state index in [1.165, 1.54) is 0 Å². The molecule has 1 aromatic heterocycles. The fourth-order valence-electron chi connectivity index (χ4n) is 2.85. The van der Waals surface area contributed by atoms with Crippen LogP contribution in [0.15, 0.2) is 66.7 Å². The van der Waals surface area contributed by atoms with Crippen molar-refractivity contribution in [3.8, 4) is 16.3 Å². The Morgan fingerprint density at radius 1 is 1.11 bits per heavy atom. The number of carbonyl (C=O) groups excluding carboxylic acids is 1. The first-order chi connectivity index (χ1) is 13.6. The molecule has 0 saturated carbocycles. The van der Waals surface area contributed by atoms with Gasteiger partial charge in [-0.15, -0.1) is 11.3 Å². The molecule has 0 atom stereocenters. The van der Waals surface area contributed by atoms with Crippen LogP contribution in [0.4, 0.5) is 5.69 Å². The largest absolute Gasteiger partial charge is 0.484 e. The van der Waals surface area contributed by atoms with Crippen LogP contribution < -0.4 is 10.1 Å². The number of thiazole rings is 1. The average molecular weight is 409 g/mol. The number of hydrogen-bond acceptors (Lipinski definition) is 4. The summed E-state index contributed by atoms with van der Waals surface area (Å²) in [6.45, 7) is 1.95. The topological polar surface area (TPSA) is 51.2 Å². The van der Waals surface area contributed by atoms with Crippen molar-refractivity contribution in [2.75, 3.05) is 11.9 Å². The van der Waals surface area contributed by atoms with Gasteiger partial charge in [0.05, 0.1) is 10.2 Å². The highest BCUT2D eigenvalue weighted by molar-refractivity contribution is 7.21. The lowest BCUT2D eigenvalue weighted by Crippen LogP contribution is -2.20. The summed E-state index contributed by atoms with van der Waals surface area (Å²) in [6.07, 6.45) is 0. The number of benzene rings is 3. The van der Waals surface area contributed by atoms with E-state index >= 15 is 0 Å². The number of carbonyl (C=O) groups is 1. The third kappa shape index (κ3) is 4.16. The number of para-hydroxylation sites is 1. The zero-order valence-corrected chi connectivity index (χ0v) is 16.7. The van der Waals surface area contributed by atoms with Crippen molar-refractivity contribution in [2.45, 2.75) is 6.92 Å². The monoisotopic (exact) mass is 408 g/mol. The summed E-state index contributed by atoms with van der Waals surface area (Å²) < 4.78 is 6.63. The minimum absolute atomic E-state index is 0.0691.